The molecule has 0 amide bonds. The van der Waals surface area contributed by atoms with Crippen molar-refractivity contribution in [2.24, 2.45) is 0 Å². The van der Waals surface area contributed by atoms with E-state index in [0.29, 0.717) is 28.4 Å². The average molecular weight is 920 g/mol. The number of nitrogens with zero attached hydrogens (tertiary/aromatic N) is 5. The van der Waals surface area contributed by atoms with E-state index >= 15 is 0 Å². The molecule has 0 bridgehead atoms. The first kappa shape index (κ1) is 39.9. The predicted octanol–water partition coefficient (Wildman–Crippen LogP) is 17.0. The molecule has 15 aromatic rings. The van der Waals surface area contributed by atoms with Crippen LogP contribution in [0, 0.1) is 11.3 Å². The summed E-state index contributed by atoms with van der Waals surface area (Å²) in [4.78, 5) is 10.5. The van der Waals surface area contributed by atoms with Gasteiger partial charge >= 0.3 is 0 Å². The highest BCUT2D eigenvalue weighted by molar-refractivity contribution is 6.30. The second-order valence-electron chi connectivity index (χ2n) is 18.3. The molecule has 0 unspecified atom stereocenters. The van der Waals surface area contributed by atoms with Crippen LogP contribution in [0.4, 0.5) is 0 Å². The monoisotopic (exact) mass is 919 g/mol. The third-order valence-electron chi connectivity index (χ3n) is 14.4. The molecule has 5 aromatic heterocycles. The Balaban J connectivity index is 1.08. The van der Waals surface area contributed by atoms with Gasteiger partial charge in [0.2, 0.25) is 0 Å². The Morgan fingerprint density at radius 3 is 1.65 bits per heavy atom. The van der Waals surface area contributed by atoms with E-state index < -0.39 is 0 Å². The molecule has 0 fully saturated rings. The molecule has 0 atom stereocenters. The maximum absolute atomic E-state index is 10.8. The minimum atomic E-state index is 0.412. The third-order valence-corrected chi connectivity index (χ3v) is 14.4. The molecule has 0 radical (unpaired) electrons. The lowest BCUT2D eigenvalue weighted by atomic mass is 9.96. The number of rotatable bonds is 6. The van der Waals surface area contributed by atoms with Crippen molar-refractivity contribution in [3.63, 3.8) is 0 Å². The molecule has 0 aliphatic rings. The lowest BCUT2D eigenvalue weighted by Crippen LogP contribution is -2.02. The van der Waals surface area contributed by atoms with E-state index in [2.05, 4.69) is 155 Å². The maximum Gasteiger partial charge on any atom is 0.164 e. The summed E-state index contributed by atoms with van der Waals surface area (Å²) in [5.74, 6) is 0.463. The molecular formula is C65H37N5O2. The van der Waals surface area contributed by atoms with Gasteiger partial charge in [-0.15, -0.1) is 0 Å². The molecule has 0 N–H and O–H groups in total. The van der Waals surface area contributed by atoms with Crippen molar-refractivity contribution in [2.75, 3.05) is 0 Å². The summed E-state index contributed by atoms with van der Waals surface area (Å²) in [5, 5.41) is 19.4. The number of fused-ring (bicyclic) bond motifs is 13. The molecule has 334 valence electrons. The number of aromatic nitrogens is 4. The van der Waals surface area contributed by atoms with E-state index in [4.69, 9.17) is 18.8 Å². The van der Waals surface area contributed by atoms with Crippen molar-refractivity contribution in [1.29, 1.82) is 5.26 Å². The quantitative estimate of drug-likeness (QED) is 0.166. The highest BCUT2D eigenvalue weighted by Gasteiger charge is 2.28. The van der Waals surface area contributed by atoms with Crippen LogP contribution in [0.15, 0.2) is 233 Å². The first-order chi connectivity index (χ1) is 35.7. The van der Waals surface area contributed by atoms with E-state index in [1.54, 1.807) is 0 Å². The number of nitriles is 1. The van der Waals surface area contributed by atoms with Crippen molar-refractivity contribution >= 4 is 87.5 Å². The van der Waals surface area contributed by atoms with Crippen LogP contribution in [0.1, 0.15) is 5.56 Å². The Labute approximate surface area is 411 Å². The van der Waals surface area contributed by atoms with Crippen molar-refractivity contribution in [2.45, 2.75) is 0 Å². The van der Waals surface area contributed by atoms with Crippen LogP contribution in [-0.4, -0.2) is 19.1 Å². The van der Waals surface area contributed by atoms with E-state index in [1.165, 1.54) is 0 Å². The first-order valence-electron chi connectivity index (χ1n) is 24.0. The molecule has 10 aromatic carbocycles. The summed E-state index contributed by atoms with van der Waals surface area (Å²) in [6, 6.07) is 80.2. The second kappa shape index (κ2) is 15.5. The fraction of sp³-hybridized carbons (Fsp3) is 0. The van der Waals surface area contributed by atoms with Crippen LogP contribution in [0.3, 0.4) is 0 Å². The summed E-state index contributed by atoms with van der Waals surface area (Å²) >= 11 is 0. The van der Waals surface area contributed by atoms with Gasteiger partial charge in [-0.3, -0.25) is 0 Å². The van der Waals surface area contributed by atoms with Crippen LogP contribution >= 0.6 is 0 Å². The van der Waals surface area contributed by atoms with Crippen LogP contribution in [0.5, 0.6) is 0 Å². The zero-order chi connectivity index (χ0) is 47.4. The SMILES string of the molecule is N#Cc1c(-c2ccccc2)nc(-c2ccc(-n3c4ccccc4c4cc(-c5ccc6oc7ccccc7c6c5)c5c(c6ccccc6n5-c5ccccc5)c43)c3c2oc2ccccc23)nc1-c1ccccc1. The number of hydrogen-bond acceptors (Lipinski definition) is 5. The van der Waals surface area contributed by atoms with Crippen LogP contribution in [0.2, 0.25) is 0 Å². The molecule has 7 heteroatoms. The molecule has 0 saturated carbocycles. The lowest BCUT2D eigenvalue weighted by molar-refractivity contribution is 0.668. The minimum Gasteiger partial charge on any atom is -0.456 e. The largest absolute Gasteiger partial charge is 0.456 e. The van der Waals surface area contributed by atoms with E-state index in [9.17, 15) is 5.26 Å². The van der Waals surface area contributed by atoms with Gasteiger partial charge in [0.25, 0.3) is 0 Å². The topological polar surface area (TPSA) is 85.7 Å². The second-order valence-corrected chi connectivity index (χ2v) is 18.3. The standard InChI is InChI=1S/C65H37N5O2/c66-38-51-60(39-18-4-1-5-19-39)67-65(68-61(51)40-20-6-2-7-21-40)47-33-34-54(58-46-27-13-17-31-56(46)72-64(47)58)70-52-28-14-10-24-43(52)50-37-48(41-32-35-57-49(36-41)44-25-12-16-30-55(44)71-57)62-59(63(50)70)45-26-11-15-29-53(45)69(62)42-22-8-3-9-23-42/h1-37H. The Kier molecular flexibility index (Phi) is 8.59. The number of para-hydroxylation sites is 5. The highest BCUT2D eigenvalue weighted by atomic mass is 16.3. The molecule has 72 heavy (non-hydrogen) atoms. The van der Waals surface area contributed by atoms with Crippen molar-refractivity contribution < 1.29 is 8.83 Å². The fourth-order valence-corrected chi connectivity index (χ4v) is 11.3. The summed E-state index contributed by atoms with van der Waals surface area (Å²) in [7, 11) is 0. The van der Waals surface area contributed by atoms with E-state index in [-0.39, 0.29) is 0 Å². The summed E-state index contributed by atoms with van der Waals surface area (Å²) in [5.41, 5.74) is 15.6. The molecule has 0 aliphatic carbocycles. The highest BCUT2D eigenvalue weighted by Crippen LogP contribution is 2.49. The van der Waals surface area contributed by atoms with Crippen LogP contribution < -0.4 is 0 Å². The Morgan fingerprint density at radius 2 is 0.958 bits per heavy atom. The molecule has 0 aliphatic heterocycles. The van der Waals surface area contributed by atoms with Gasteiger partial charge in [0.1, 0.15) is 34.0 Å². The van der Waals surface area contributed by atoms with Gasteiger partial charge in [0, 0.05) is 60.1 Å². The smallest absolute Gasteiger partial charge is 0.164 e. The predicted molar refractivity (Wildman–Crippen MR) is 292 cm³/mol. The Bertz CT molecular complexity index is 4690. The summed E-state index contributed by atoms with van der Waals surface area (Å²) in [6.45, 7) is 0. The minimum absolute atomic E-state index is 0.412. The van der Waals surface area contributed by atoms with Crippen LogP contribution in [-0.2, 0) is 0 Å². The average Bonchev–Trinajstić information content (AvgIpc) is 4.21. The van der Waals surface area contributed by atoms with Gasteiger partial charge in [-0.2, -0.15) is 5.26 Å². The number of benzene rings is 10. The molecule has 5 heterocycles. The molecule has 7 nitrogen and oxygen atoms in total. The van der Waals surface area contributed by atoms with Crippen molar-refractivity contribution in [3.8, 4) is 62.5 Å². The number of furan rings is 2. The summed E-state index contributed by atoms with van der Waals surface area (Å²) in [6.07, 6.45) is 0. The fourth-order valence-electron chi connectivity index (χ4n) is 11.3. The van der Waals surface area contributed by atoms with Crippen LogP contribution in [0.25, 0.3) is 144 Å². The van der Waals surface area contributed by atoms with Gasteiger partial charge in [-0.25, -0.2) is 9.97 Å². The van der Waals surface area contributed by atoms with E-state index in [1.807, 2.05) is 84.9 Å². The lowest BCUT2D eigenvalue weighted by Gasteiger charge is -2.16. The molecular weight excluding hydrogens is 883 g/mol. The van der Waals surface area contributed by atoms with Gasteiger partial charge < -0.3 is 18.0 Å². The zero-order valence-electron chi connectivity index (χ0n) is 38.4. The summed E-state index contributed by atoms with van der Waals surface area (Å²) < 4.78 is 18.3. The van der Waals surface area contributed by atoms with Gasteiger partial charge in [0.15, 0.2) is 5.82 Å². The molecule has 0 spiro atoms. The van der Waals surface area contributed by atoms with Gasteiger partial charge in [-0.05, 0) is 72.3 Å². The molecule has 0 saturated heterocycles. The van der Waals surface area contributed by atoms with E-state index in [0.717, 1.165) is 121 Å². The maximum atomic E-state index is 10.8. The van der Waals surface area contributed by atoms with Crippen molar-refractivity contribution in [1.82, 2.24) is 19.1 Å². The van der Waals surface area contributed by atoms with Gasteiger partial charge in [-0.1, -0.05) is 158 Å². The zero-order valence-corrected chi connectivity index (χ0v) is 38.4. The van der Waals surface area contributed by atoms with Crippen molar-refractivity contribution in [3.05, 3.63) is 230 Å². The Hall–Kier alpha value is -10.0. The molecule has 15 rings (SSSR count). The van der Waals surface area contributed by atoms with Gasteiger partial charge in [0.05, 0.1) is 50.1 Å². The third kappa shape index (κ3) is 5.78. The first-order valence-corrected chi connectivity index (χ1v) is 24.0. The Morgan fingerprint density at radius 1 is 0.389 bits per heavy atom. The number of hydrogen-bond donors (Lipinski definition) is 0. The normalized spacial score (nSPS) is 11.9.